The summed E-state index contributed by atoms with van der Waals surface area (Å²) in [5, 5.41) is 0. The topological polar surface area (TPSA) is 49.9 Å². The Balaban J connectivity index is 0.00000441. The van der Waals surface area contributed by atoms with Gasteiger partial charge in [0.15, 0.2) is 0 Å². The molecule has 0 aliphatic carbocycles. The zero-order chi connectivity index (χ0) is 15.8. The van der Waals surface area contributed by atoms with E-state index in [1.165, 1.54) is 4.90 Å². The molecule has 0 radical (unpaired) electrons. The summed E-state index contributed by atoms with van der Waals surface area (Å²) in [7, 11) is 3.32. The fourth-order valence-electron chi connectivity index (χ4n) is 1.97. The highest BCUT2D eigenvalue weighted by atomic mass is 35.5. The average Bonchev–Trinajstić information content (AvgIpc) is 2.50. The van der Waals surface area contributed by atoms with Crippen molar-refractivity contribution < 1.29 is 14.3 Å². The van der Waals surface area contributed by atoms with Crippen LogP contribution in [0.5, 0.6) is 0 Å². The number of likely N-dealkylation sites (N-methyl/N-ethyl adjacent to an activating group) is 1. The van der Waals surface area contributed by atoms with Crippen LogP contribution in [0.1, 0.15) is 34.6 Å². The molecular formula is C16H25ClN2O3. The first-order chi connectivity index (χ1) is 10.0. The van der Waals surface area contributed by atoms with Gasteiger partial charge in [0, 0.05) is 20.6 Å². The van der Waals surface area contributed by atoms with Crippen LogP contribution in [0.4, 0.5) is 0 Å². The molecule has 22 heavy (non-hydrogen) atoms. The van der Waals surface area contributed by atoms with E-state index in [2.05, 4.69) is 18.7 Å². The summed E-state index contributed by atoms with van der Waals surface area (Å²) in [6, 6.07) is 6.73. The zero-order valence-corrected chi connectivity index (χ0v) is 14.5. The fraction of sp³-hybridized carbons (Fsp3) is 0.500. The largest absolute Gasteiger partial charge is 0.461 e. The molecule has 1 rings (SSSR count). The maximum Gasteiger partial charge on any atom is 0.338 e. The lowest BCUT2D eigenvalue weighted by Crippen LogP contribution is -2.28. The van der Waals surface area contributed by atoms with Crippen LogP contribution in [-0.4, -0.2) is 62.0 Å². The van der Waals surface area contributed by atoms with Gasteiger partial charge >= 0.3 is 5.97 Å². The van der Waals surface area contributed by atoms with Crippen LogP contribution in [0.25, 0.3) is 0 Å². The number of carbonyl (C=O) groups excluding carboxylic acids is 2. The number of hydrogen-bond donors (Lipinski definition) is 0. The molecule has 0 N–H and O–H groups in total. The third kappa shape index (κ3) is 5.66. The molecule has 0 saturated carbocycles. The van der Waals surface area contributed by atoms with Crippen molar-refractivity contribution in [2.75, 3.05) is 40.3 Å². The molecule has 0 spiro atoms. The summed E-state index contributed by atoms with van der Waals surface area (Å²) in [4.78, 5) is 27.8. The Kier molecular flexibility index (Phi) is 9.45. The lowest BCUT2D eigenvalue weighted by molar-refractivity contribution is 0.0461. The molecule has 6 heteroatoms. The number of hydrogen-bond acceptors (Lipinski definition) is 4. The number of carbonyl (C=O) groups is 2. The molecular weight excluding hydrogens is 304 g/mol. The molecule has 0 atom stereocenters. The van der Waals surface area contributed by atoms with Gasteiger partial charge in [0.25, 0.3) is 5.91 Å². The minimum atomic E-state index is -0.451. The minimum Gasteiger partial charge on any atom is -0.461 e. The Morgan fingerprint density at radius 3 is 2.09 bits per heavy atom. The molecule has 1 amide bonds. The molecule has 0 fully saturated rings. The van der Waals surface area contributed by atoms with E-state index < -0.39 is 5.97 Å². The third-order valence-corrected chi connectivity index (χ3v) is 3.32. The van der Waals surface area contributed by atoms with Gasteiger partial charge in [-0.25, -0.2) is 4.79 Å². The minimum absolute atomic E-state index is 0. The molecule has 0 aliphatic rings. The number of ether oxygens (including phenoxy) is 1. The first kappa shape index (κ1) is 20.4. The van der Waals surface area contributed by atoms with Crippen molar-refractivity contribution in [2.45, 2.75) is 13.8 Å². The van der Waals surface area contributed by atoms with Gasteiger partial charge in [-0.1, -0.05) is 26.0 Å². The Bertz CT molecular complexity index is 488. The smallest absolute Gasteiger partial charge is 0.338 e. The molecule has 124 valence electrons. The highest BCUT2D eigenvalue weighted by Gasteiger charge is 2.18. The number of benzene rings is 1. The molecule has 0 aromatic heterocycles. The Labute approximate surface area is 138 Å². The van der Waals surface area contributed by atoms with Crippen molar-refractivity contribution in [3.8, 4) is 0 Å². The molecule has 0 aliphatic heterocycles. The second kappa shape index (κ2) is 10.2. The van der Waals surface area contributed by atoms with E-state index in [1.54, 1.807) is 38.4 Å². The zero-order valence-electron chi connectivity index (χ0n) is 13.7. The highest BCUT2D eigenvalue weighted by Crippen LogP contribution is 2.12. The van der Waals surface area contributed by atoms with Crippen LogP contribution in [0.3, 0.4) is 0 Å². The Hall–Kier alpha value is -1.59. The van der Waals surface area contributed by atoms with E-state index >= 15 is 0 Å². The van der Waals surface area contributed by atoms with Crippen molar-refractivity contribution >= 4 is 24.3 Å². The van der Waals surface area contributed by atoms with Crippen LogP contribution >= 0.6 is 12.4 Å². The van der Waals surface area contributed by atoms with E-state index in [9.17, 15) is 9.59 Å². The van der Waals surface area contributed by atoms with E-state index in [1.807, 2.05) is 0 Å². The van der Waals surface area contributed by atoms with Crippen molar-refractivity contribution in [1.29, 1.82) is 0 Å². The van der Waals surface area contributed by atoms with Crippen LogP contribution in [0, 0.1) is 0 Å². The van der Waals surface area contributed by atoms with Gasteiger partial charge in [0.1, 0.15) is 6.61 Å². The summed E-state index contributed by atoms with van der Waals surface area (Å²) in [5.41, 5.74) is 0.686. The van der Waals surface area contributed by atoms with Gasteiger partial charge in [-0.05, 0) is 25.2 Å². The summed E-state index contributed by atoms with van der Waals surface area (Å²) in [6.07, 6.45) is 0. The summed E-state index contributed by atoms with van der Waals surface area (Å²) >= 11 is 0. The van der Waals surface area contributed by atoms with Gasteiger partial charge in [-0.15, -0.1) is 12.4 Å². The highest BCUT2D eigenvalue weighted by molar-refractivity contribution is 6.05. The summed E-state index contributed by atoms with van der Waals surface area (Å²) in [6.45, 7) is 6.99. The van der Waals surface area contributed by atoms with Gasteiger partial charge in [0.05, 0.1) is 11.1 Å². The second-order valence-corrected chi connectivity index (χ2v) is 4.91. The molecule has 1 aromatic carbocycles. The molecule has 0 bridgehead atoms. The van der Waals surface area contributed by atoms with Gasteiger partial charge < -0.3 is 14.5 Å². The third-order valence-electron chi connectivity index (χ3n) is 3.32. The van der Waals surface area contributed by atoms with Crippen molar-refractivity contribution in [2.24, 2.45) is 0 Å². The number of nitrogens with zero attached hydrogens (tertiary/aromatic N) is 2. The van der Waals surface area contributed by atoms with Crippen LogP contribution < -0.4 is 0 Å². The molecule has 1 aromatic rings. The maximum atomic E-state index is 12.1. The number of esters is 1. The first-order valence-corrected chi connectivity index (χ1v) is 7.21. The van der Waals surface area contributed by atoms with Gasteiger partial charge in [-0.2, -0.15) is 0 Å². The molecule has 5 nitrogen and oxygen atoms in total. The van der Waals surface area contributed by atoms with E-state index in [0.717, 1.165) is 13.1 Å². The van der Waals surface area contributed by atoms with Crippen LogP contribution in [0.2, 0.25) is 0 Å². The summed E-state index contributed by atoms with van der Waals surface area (Å²) in [5.74, 6) is -0.653. The van der Waals surface area contributed by atoms with Gasteiger partial charge in [0.2, 0.25) is 0 Å². The quantitative estimate of drug-likeness (QED) is 0.721. The lowest BCUT2D eigenvalue weighted by atomic mass is 10.1. The molecule has 0 saturated heterocycles. The lowest BCUT2D eigenvalue weighted by Gasteiger charge is -2.18. The normalized spacial score (nSPS) is 10.0. The Morgan fingerprint density at radius 1 is 1.05 bits per heavy atom. The Morgan fingerprint density at radius 2 is 1.59 bits per heavy atom. The number of halogens is 1. The predicted molar refractivity (Wildman–Crippen MR) is 89.8 cm³/mol. The average molecular weight is 329 g/mol. The van der Waals surface area contributed by atoms with Crippen molar-refractivity contribution in [3.05, 3.63) is 35.4 Å². The number of amides is 1. The fourth-order valence-corrected chi connectivity index (χ4v) is 1.97. The summed E-state index contributed by atoms with van der Waals surface area (Å²) < 4.78 is 5.28. The van der Waals surface area contributed by atoms with Crippen molar-refractivity contribution in [3.63, 3.8) is 0 Å². The SMILES string of the molecule is CCN(CC)CCOC(=O)c1ccccc1C(=O)N(C)C.Cl. The van der Waals surface area contributed by atoms with Crippen LogP contribution in [0.15, 0.2) is 24.3 Å². The van der Waals surface area contributed by atoms with Crippen molar-refractivity contribution in [1.82, 2.24) is 9.80 Å². The van der Waals surface area contributed by atoms with E-state index in [4.69, 9.17) is 4.74 Å². The monoisotopic (exact) mass is 328 g/mol. The van der Waals surface area contributed by atoms with E-state index in [0.29, 0.717) is 24.3 Å². The predicted octanol–water partition coefficient (Wildman–Crippen LogP) is 2.31. The van der Waals surface area contributed by atoms with Gasteiger partial charge in [-0.3, -0.25) is 4.79 Å². The standard InChI is InChI=1S/C16H24N2O3.ClH/c1-5-18(6-2)11-12-21-16(20)14-10-8-7-9-13(14)15(19)17(3)4;/h7-10H,5-6,11-12H2,1-4H3;1H. The van der Waals surface area contributed by atoms with Crippen LogP contribution in [-0.2, 0) is 4.74 Å². The second-order valence-electron chi connectivity index (χ2n) is 4.91. The molecule has 0 heterocycles. The van der Waals surface area contributed by atoms with E-state index in [-0.39, 0.29) is 18.3 Å². The maximum absolute atomic E-state index is 12.1. The first-order valence-electron chi connectivity index (χ1n) is 7.21. The molecule has 0 unspecified atom stereocenters. The number of rotatable bonds is 7.